The summed E-state index contributed by atoms with van der Waals surface area (Å²) in [5, 5.41) is 0. The highest BCUT2D eigenvalue weighted by atomic mass is 32.2. The standard InChI is InChI=1S/C25H27N3O4S/c1-19-5-3-7-22(17-19)27-13-15-28(16-14-27)25(29)20-6-4-8-24(18-20)33(30,31)26-21-9-11-23(32-2)12-10-21/h3-12,17-18,26H,13-16H2,1-2H3. The van der Waals surface area contributed by atoms with E-state index in [0.717, 1.165) is 18.8 Å². The number of hydrogen-bond donors (Lipinski definition) is 1. The van der Waals surface area contributed by atoms with Crippen LogP contribution in [0.15, 0.2) is 77.7 Å². The molecule has 1 heterocycles. The first-order chi connectivity index (χ1) is 15.9. The molecule has 0 unspecified atom stereocenters. The lowest BCUT2D eigenvalue weighted by Crippen LogP contribution is -2.48. The molecule has 7 nitrogen and oxygen atoms in total. The summed E-state index contributed by atoms with van der Waals surface area (Å²) in [7, 11) is -2.29. The molecule has 1 amide bonds. The number of piperazine rings is 1. The normalized spacial score (nSPS) is 14.1. The monoisotopic (exact) mass is 465 g/mol. The number of hydrogen-bond acceptors (Lipinski definition) is 5. The van der Waals surface area contributed by atoms with Crippen LogP contribution in [0.25, 0.3) is 0 Å². The van der Waals surface area contributed by atoms with Gasteiger partial charge in [-0.1, -0.05) is 18.2 Å². The lowest BCUT2D eigenvalue weighted by atomic mass is 10.1. The number of benzene rings is 3. The predicted octanol–water partition coefficient (Wildman–Crippen LogP) is 3.77. The van der Waals surface area contributed by atoms with Gasteiger partial charge in [-0.15, -0.1) is 0 Å². The average molecular weight is 466 g/mol. The van der Waals surface area contributed by atoms with E-state index >= 15 is 0 Å². The van der Waals surface area contributed by atoms with Crippen LogP contribution in [0.1, 0.15) is 15.9 Å². The van der Waals surface area contributed by atoms with E-state index in [-0.39, 0.29) is 10.8 Å². The third-order valence-electron chi connectivity index (χ3n) is 5.67. The van der Waals surface area contributed by atoms with Gasteiger partial charge in [0.2, 0.25) is 0 Å². The summed E-state index contributed by atoms with van der Waals surface area (Å²) >= 11 is 0. The van der Waals surface area contributed by atoms with E-state index < -0.39 is 10.0 Å². The van der Waals surface area contributed by atoms with Gasteiger partial charge in [0.1, 0.15) is 5.75 Å². The van der Waals surface area contributed by atoms with E-state index in [1.807, 2.05) is 6.07 Å². The number of rotatable bonds is 6. The van der Waals surface area contributed by atoms with Crippen molar-refractivity contribution in [3.8, 4) is 5.75 Å². The highest BCUT2D eigenvalue weighted by molar-refractivity contribution is 7.92. The number of ether oxygens (including phenoxy) is 1. The third kappa shape index (κ3) is 5.28. The average Bonchev–Trinajstić information content (AvgIpc) is 2.84. The Balaban J connectivity index is 1.44. The number of nitrogens with one attached hydrogen (secondary N) is 1. The van der Waals surface area contributed by atoms with Gasteiger partial charge in [0, 0.05) is 43.1 Å². The van der Waals surface area contributed by atoms with Gasteiger partial charge in [0.15, 0.2) is 0 Å². The van der Waals surface area contributed by atoms with E-state index in [2.05, 4.69) is 34.7 Å². The van der Waals surface area contributed by atoms with Gasteiger partial charge < -0.3 is 14.5 Å². The fourth-order valence-corrected chi connectivity index (χ4v) is 4.95. The molecule has 1 aliphatic rings. The van der Waals surface area contributed by atoms with E-state index in [9.17, 15) is 13.2 Å². The van der Waals surface area contributed by atoms with Crippen LogP contribution in [-0.2, 0) is 10.0 Å². The van der Waals surface area contributed by atoms with Crippen molar-refractivity contribution in [1.29, 1.82) is 0 Å². The summed E-state index contributed by atoms with van der Waals surface area (Å²) in [6, 6.07) is 21.1. The summed E-state index contributed by atoms with van der Waals surface area (Å²) < 4.78 is 33.4. The number of sulfonamides is 1. The van der Waals surface area contributed by atoms with Crippen molar-refractivity contribution in [2.45, 2.75) is 11.8 Å². The smallest absolute Gasteiger partial charge is 0.261 e. The van der Waals surface area contributed by atoms with E-state index in [1.54, 1.807) is 48.4 Å². The van der Waals surface area contributed by atoms with Crippen molar-refractivity contribution in [3.05, 3.63) is 83.9 Å². The zero-order valence-electron chi connectivity index (χ0n) is 18.7. The molecule has 0 bridgehead atoms. The highest BCUT2D eigenvalue weighted by Crippen LogP contribution is 2.22. The molecule has 3 aromatic carbocycles. The zero-order chi connectivity index (χ0) is 23.4. The molecule has 1 fully saturated rings. The number of methoxy groups -OCH3 is 1. The number of aryl methyl sites for hydroxylation is 1. The SMILES string of the molecule is COc1ccc(NS(=O)(=O)c2cccc(C(=O)N3CCN(c4cccc(C)c4)CC3)c2)cc1. The van der Waals surface area contributed by atoms with Gasteiger partial charge in [0.05, 0.1) is 12.0 Å². The Kier molecular flexibility index (Phi) is 6.55. The van der Waals surface area contributed by atoms with Crippen LogP contribution in [0, 0.1) is 6.92 Å². The van der Waals surface area contributed by atoms with Crippen molar-refractivity contribution >= 4 is 27.3 Å². The summed E-state index contributed by atoms with van der Waals surface area (Å²) in [6.45, 7) is 4.67. The fraction of sp³-hybridized carbons (Fsp3) is 0.240. The second-order valence-electron chi connectivity index (χ2n) is 7.98. The zero-order valence-corrected chi connectivity index (χ0v) is 19.5. The molecular weight excluding hydrogens is 438 g/mol. The maximum Gasteiger partial charge on any atom is 0.261 e. The minimum atomic E-state index is -3.84. The van der Waals surface area contributed by atoms with Crippen LogP contribution in [0.4, 0.5) is 11.4 Å². The fourth-order valence-electron chi connectivity index (χ4n) is 3.84. The van der Waals surface area contributed by atoms with Gasteiger partial charge in [-0.25, -0.2) is 8.42 Å². The number of nitrogens with zero attached hydrogens (tertiary/aromatic N) is 2. The molecule has 3 aromatic rings. The molecule has 0 saturated carbocycles. The molecular formula is C25H27N3O4S. The van der Waals surface area contributed by atoms with Crippen molar-refractivity contribution in [1.82, 2.24) is 4.90 Å². The van der Waals surface area contributed by atoms with Crippen LogP contribution in [0.5, 0.6) is 5.75 Å². The molecule has 1 aliphatic heterocycles. The van der Waals surface area contributed by atoms with Gasteiger partial charge >= 0.3 is 0 Å². The second kappa shape index (κ2) is 9.54. The van der Waals surface area contributed by atoms with Crippen LogP contribution in [0.2, 0.25) is 0 Å². The van der Waals surface area contributed by atoms with Crippen LogP contribution >= 0.6 is 0 Å². The Morgan fingerprint density at radius 3 is 2.27 bits per heavy atom. The molecule has 0 spiro atoms. The van der Waals surface area contributed by atoms with Gasteiger partial charge in [-0.05, 0) is 67.1 Å². The first-order valence-corrected chi connectivity index (χ1v) is 12.2. The van der Waals surface area contributed by atoms with Crippen molar-refractivity contribution in [2.75, 3.05) is 42.9 Å². The molecule has 4 rings (SSSR count). The highest BCUT2D eigenvalue weighted by Gasteiger charge is 2.24. The van der Waals surface area contributed by atoms with E-state index in [0.29, 0.717) is 30.1 Å². The minimum Gasteiger partial charge on any atom is -0.497 e. The van der Waals surface area contributed by atoms with Crippen molar-refractivity contribution in [3.63, 3.8) is 0 Å². The first-order valence-electron chi connectivity index (χ1n) is 10.7. The van der Waals surface area contributed by atoms with Crippen LogP contribution in [-0.4, -0.2) is 52.5 Å². The Hall–Kier alpha value is -3.52. The lowest BCUT2D eigenvalue weighted by Gasteiger charge is -2.36. The molecule has 0 atom stereocenters. The Bertz CT molecular complexity index is 1230. The summed E-state index contributed by atoms with van der Waals surface area (Å²) in [5.41, 5.74) is 3.13. The Morgan fingerprint density at radius 2 is 1.61 bits per heavy atom. The van der Waals surface area contributed by atoms with Gasteiger partial charge in [-0.3, -0.25) is 9.52 Å². The predicted molar refractivity (Wildman–Crippen MR) is 130 cm³/mol. The largest absolute Gasteiger partial charge is 0.497 e. The number of anilines is 2. The second-order valence-corrected chi connectivity index (χ2v) is 9.66. The van der Waals surface area contributed by atoms with Gasteiger partial charge in [0.25, 0.3) is 15.9 Å². The molecule has 1 saturated heterocycles. The minimum absolute atomic E-state index is 0.0440. The lowest BCUT2D eigenvalue weighted by molar-refractivity contribution is 0.0746. The molecule has 0 aromatic heterocycles. The molecule has 0 radical (unpaired) electrons. The molecule has 172 valence electrons. The summed E-state index contributed by atoms with van der Waals surface area (Å²) in [4.78, 5) is 17.2. The topological polar surface area (TPSA) is 78.9 Å². The molecule has 33 heavy (non-hydrogen) atoms. The van der Waals surface area contributed by atoms with Crippen molar-refractivity contribution in [2.24, 2.45) is 0 Å². The number of amides is 1. The Morgan fingerprint density at radius 1 is 0.909 bits per heavy atom. The maximum atomic E-state index is 13.1. The first kappa shape index (κ1) is 22.7. The number of carbonyl (C=O) groups excluding carboxylic acids is 1. The third-order valence-corrected chi connectivity index (χ3v) is 7.05. The maximum absolute atomic E-state index is 13.1. The van der Waals surface area contributed by atoms with Crippen LogP contribution in [0.3, 0.4) is 0 Å². The van der Waals surface area contributed by atoms with E-state index in [4.69, 9.17) is 4.74 Å². The van der Waals surface area contributed by atoms with Crippen molar-refractivity contribution < 1.29 is 17.9 Å². The van der Waals surface area contributed by atoms with E-state index in [1.165, 1.54) is 17.7 Å². The molecule has 1 N–H and O–H groups in total. The Labute approximate surface area is 194 Å². The number of carbonyl (C=O) groups is 1. The molecule has 0 aliphatic carbocycles. The van der Waals surface area contributed by atoms with Gasteiger partial charge in [-0.2, -0.15) is 0 Å². The quantitative estimate of drug-likeness (QED) is 0.600. The van der Waals surface area contributed by atoms with Crippen LogP contribution < -0.4 is 14.4 Å². The summed E-state index contributed by atoms with van der Waals surface area (Å²) in [5.74, 6) is 0.466. The molecule has 8 heteroatoms. The summed E-state index contributed by atoms with van der Waals surface area (Å²) in [6.07, 6.45) is 0.